The molecule has 2 bridgehead atoms. The van der Waals surface area contributed by atoms with Gasteiger partial charge in [0.25, 0.3) is 0 Å². The van der Waals surface area contributed by atoms with Crippen molar-refractivity contribution < 1.29 is 38.7 Å². The molecule has 42 heavy (non-hydrogen) atoms. The van der Waals surface area contributed by atoms with Gasteiger partial charge in [-0.15, -0.1) is 0 Å². The number of rotatable bonds is 8. The van der Waals surface area contributed by atoms with Crippen LogP contribution in [0.15, 0.2) is 97.1 Å². The average Bonchev–Trinajstić information content (AvgIpc) is 3.16. The minimum Gasteiger partial charge on any atom is -0.497 e. The van der Waals surface area contributed by atoms with Crippen molar-refractivity contribution in [3.05, 3.63) is 119 Å². The van der Waals surface area contributed by atoms with Crippen molar-refractivity contribution in [1.29, 1.82) is 0 Å². The largest absolute Gasteiger partial charge is 0.497 e. The van der Waals surface area contributed by atoms with Gasteiger partial charge in [0.15, 0.2) is 5.60 Å². The van der Waals surface area contributed by atoms with Gasteiger partial charge in [-0.25, -0.2) is 0 Å². The summed E-state index contributed by atoms with van der Waals surface area (Å²) in [7, 11) is 4.52. The third-order valence-corrected chi connectivity index (χ3v) is 8.44. The van der Waals surface area contributed by atoms with E-state index in [-0.39, 0.29) is 23.7 Å². The van der Waals surface area contributed by atoms with Crippen LogP contribution in [0.3, 0.4) is 0 Å². The Bertz CT molecular complexity index is 1570. The highest BCUT2D eigenvalue weighted by Crippen LogP contribution is 2.68. The van der Waals surface area contributed by atoms with Gasteiger partial charge in [-0.1, -0.05) is 72.8 Å². The van der Waals surface area contributed by atoms with Crippen LogP contribution in [0.4, 0.5) is 0 Å². The highest BCUT2D eigenvalue weighted by Gasteiger charge is 2.76. The van der Waals surface area contributed by atoms with Crippen LogP contribution in [0.2, 0.25) is 0 Å². The number of ether oxygens (including phenoxy) is 5. The molecule has 0 saturated heterocycles. The fraction of sp³-hybridized carbons (Fsp3) is 0.265. The molecule has 1 aliphatic heterocycles. The predicted octanol–water partition coefficient (Wildman–Crippen LogP) is 4.71. The van der Waals surface area contributed by atoms with Crippen molar-refractivity contribution in [2.24, 2.45) is 5.92 Å². The third kappa shape index (κ3) is 4.09. The highest BCUT2D eigenvalue weighted by atomic mass is 16.5. The van der Waals surface area contributed by atoms with Crippen molar-refractivity contribution in [1.82, 2.24) is 0 Å². The van der Waals surface area contributed by atoms with Gasteiger partial charge in [0.2, 0.25) is 0 Å². The van der Waals surface area contributed by atoms with Crippen LogP contribution >= 0.6 is 0 Å². The first-order chi connectivity index (χ1) is 20.4. The van der Waals surface area contributed by atoms with E-state index in [1.807, 2.05) is 60.7 Å². The second-order valence-electron chi connectivity index (χ2n) is 10.5. The van der Waals surface area contributed by atoms with Crippen LogP contribution in [0.5, 0.6) is 23.0 Å². The SMILES string of the molecule is COc1ccc([C@]23Oc4cc(OC)cc(OC)c4[C@](O)([C@H](C(=O)OCc4ccccc4)[C@H]2c2ccccc2)[C@@H]3O)cc1. The van der Waals surface area contributed by atoms with Crippen molar-refractivity contribution in [3.8, 4) is 23.0 Å². The topological polar surface area (TPSA) is 104 Å². The van der Waals surface area contributed by atoms with Gasteiger partial charge in [0, 0.05) is 18.1 Å². The molecule has 0 aromatic heterocycles. The third-order valence-electron chi connectivity index (χ3n) is 8.44. The van der Waals surface area contributed by atoms with Crippen LogP contribution in [0.1, 0.15) is 28.2 Å². The van der Waals surface area contributed by atoms with Gasteiger partial charge in [0.1, 0.15) is 47.2 Å². The molecule has 4 aromatic rings. The summed E-state index contributed by atoms with van der Waals surface area (Å²) in [5, 5.41) is 25.2. The van der Waals surface area contributed by atoms with Crippen molar-refractivity contribution in [3.63, 3.8) is 0 Å². The summed E-state index contributed by atoms with van der Waals surface area (Å²) in [4.78, 5) is 14.3. The fourth-order valence-corrected chi connectivity index (χ4v) is 6.56. The number of carbonyl (C=O) groups is 1. The summed E-state index contributed by atoms with van der Waals surface area (Å²) in [6, 6.07) is 28.9. The second-order valence-corrected chi connectivity index (χ2v) is 10.5. The van der Waals surface area contributed by atoms with Gasteiger partial charge in [-0.3, -0.25) is 4.79 Å². The minimum atomic E-state index is -2.17. The van der Waals surface area contributed by atoms with E-state index in [2.05, 4.69) is 0 Å². The lowest BCUT2D eigenvalue weighted by Crippen LogP contribution is -2.54. The first-order valence-electron chi connectivity index (χ1n) is 13.6. The number of aliphatic hydroxyl groups excluding tert-OH is 1. The van der Waals surface area contributed by atoms with Crippen molar-refractivity contribution in [2.45, 2.75) is 29.8 Å². The zero-order valence-electron chi connectivity index (χ0n) is 23.5. The second kappa shape index (κ2) is 10.7. The molecule has 6 rings (SSSR count). The molecule has 1 saturated carbocycles. The van der Waals surface area contributed by atoms with Gasteiger partial charge < -0.3 is 33.9 Å². The smallest absolute Gasteiger partial charge is 0.313 e. The van der Waals surface area contributed by atoms with Gasteiger partial charge in [0.05, 0.1) is 26.9 Å². The number of aliphatic hydroxyl groups is 2. The summed E-state index contributed by atoms with van der Waals surface area (Å²) < 4.78 is 29.3. The Morgan fingerprint density at radius 1 is 0.833 bits per heavy atom. The molecule has 1 heterocycles. The average molecular weight is 569 g/mol. The number of esters is 1. The first-order valence-corrected chi connectivity index (χ1v) is 13.6. The maximum absolute atomic E-state index is 14.3. The van der Waals surface area contributed by atoms with Gasteiger partial charge >= 0.3 is 5.97 Å². The van der Waals surface area contributed by atoms with Crippen LogP contribution in [-0.2, 0) is 27.3 Å². The number of methoxy groups -OCH3 is 3. The molecule has 0 amide bonds. The van der Waals surface area contributed by atoms with E-state index < -0.39 is 35.1 Å². The molecule has 216 valence electrons. The van der Waals surface area contributed by atoms with Crippen LogP contribution < -0.4 is 18.9 Å². The summed E-state index contributed by atoms with van der Waals surface area (Å²) in [6.07, 6.45) is -1.60. The molecule has 8 nitrogen and oxygen atoms in total. The maximum atomic E-state index is 14.3. The number of carbonyl (C=O) groups excluding carboxylic acids is 1. The molecule has 8 heteroatoms. The minimum absolute atomic E-state index is 0.00709. The van der Waals surface area contributed by atoms with E-state index in [9.17, 15) is 15.0 Å². The molecule has 1 fully saturated rings. The molecule has 0 radical (unpaired) electrons. The standard InChI is InChI=1S/C34H32O8/c1-38-24-16-14-23(15-17-24)34-28(22-12-8-5-9-13-22)30(31(35)41-20-21-10-6-4-7-11-21)33(37,32(34)36)29-26(40-3)18-25(39-2)19-27(29)42-34/h4-19,28,30,32,36-37H,20H2,1-3H3/t28-,30+,32+,33+,34+/m1/s1. The Morgan fingerprint density at radius 2 is 1.48 bits per heavy atom. The summed E-state index contributed by atoms with van der Waals surface area (Å²) in [5.74, 6) is -1.37. The normalized spacial score (nSPS) is 25.6. The van der Waals surface area contributed by atoms with Crippen LogP contribution in [-0.4, -0.2) is 43.6 Å². The molecule has 0 unspecified atom stereocenters. The van der Waals surface area contributed by atoms with Crippen molar-refractivity contribution >= 4 is 5.97 Å². The van der Waals surface area contributed by atoms with Gasteiger partial charge in [-0.2, -0.15) is 0 Å². The van der Waals surface area contributed by atoms with E-state index in [1.165, 1.54) is 14.2 Å². The first kappa shape index (κ1) is 27.6. The van der Waals surface area contributed by atoms with Crippen molar-refractivity contribution in [2.75, 3.05) is 21.3 Å². The Kier molecular flexibility index (Phi) is 7.04. The molecular weight excluding hydrogens is 536 g/mol. The number of hydrogen-bond acceptors (Lipinski definition) is 8. The fourth-order valence-electron chi connectivity index (χ4n) is 6.56. The Balaban J connectivity index is 1.61. The zero-order valence-corrected chi connectivity index (χ0v) is 23.5. The number of fused-ring (bicyclic) bond motifs is 4. The van der Waals surface area contributed by atoms with E-state index >= 15 is 0 Å². The summed E-state index contributed by atoms with van der Waals surface area (Å²) in [6.45, 7) is -0.00709. The molecule has 1 aliphatic carbocycles. The lowest BCUT2D eigenvalue weighted by atomic mass is 9.75. The molecule has 0 spiro atoms. The zero-order chi connectivity index (χ0) is 29.5. The summed E-state index contributed by atoms with van der Waals surface area (Å²) >= 11 is 0. The Morgan fingerprint density at radius 3 is 2.10 bits per heavy atom. The molecule has 4 aromatic carbocycles. The van der Waals surface area contributed by atoms with Crippen LogP contribution in [0, 0.1) is 5.92 Å². The maximum Gasteiger partial charge on any atom is 0.313 e. The van der Waals surface area contributed by atoms with E-state index in [1.54, 1.807) is 43.5 Å². The summed E-state index contributed by atoms with van der Waals surface area (Å²) in [5.41, 5.74) is -1.60. The predicted molar refractivity (Wildman–Crippen MR) is 154 cm³/mol. The lowest BCUT2D eigenvalue weighted by molar-refractivity contribution is -0.175. The Labute approximate surface area is 244 Å². The van der Waals surface area contributed by atoms with Gasteiger partial charge in [-0.05, 0) is 28.8 Å². The van der Waals surface area contributed by atoms with E-state index in [0.717, 1.165) is 5.56 Å². The number of hydrogen-bond donors (Lipinski definition) is 2. The lowest BCUT2D eigenvalue weighted by Gasteiger charge is -2.45. The number of benzene rings is 4. The molecular formula is C34H32O8. The quantitative estimate of drug-likeness (QED) is 0.295. The molecule has 2 N–H and O–H groups in total. The monoisotopic (exact) mass is 568 g/mol. The van der Waals surface area contributed by atoms with E-state index in [4.69, 9.17) is 23.7 Å². The Hall–Kier alpha value is -4.53. The van der Waals surface area contributed by atoms with E-state index in [0.29, 0.717) is 22.6 Å². The van der Waals surface area contributed by atoms with Crippen LogP contribution in [0.25, 0.3) is 0 Å². The highest BCUT2D eigenvalue weighted by molar-refractivity contribution is 5.80. The molecule has 2 aliphatic rings. The molecule has 5 atom stereocenters.